The van der Waals surface area contributed by atoms with Crippen LogP contribution in [0.15, 0.2) is 0 Å². The van der Waals surface area contributed by atoms with E-state index in [9.17, 15) is 4.79 Å². The molecule has 46 valence electrons. The van der Waals surface area contributed by atoms with Crippen LogP contribution in [0.2, 0.25) is 0 Å². The van der Waals surface area contributed by atoms with Crippen LogP contribution in [-0.4, -0.2) is 22.2 Å². The van der Waals surface area contributed by atoms with Crippen molar-refractivity contribution in [1.29, 1.82) is 0 Å². The molecule has 1 saturated heterocycles. The van der Waals surface area contributed by atoms with E-state index < -0.39 is 0 Å². The molecule has 0 aliphatic carbocycles. The number of carbonyl (C=O) groups is 1. The van der Waals surface area contributed by atoms with E-state index in [-0.39, 0.29) is 17.9 Å². The summed E-state index contributed by atoms with van der Waals surface area (Å²) in [6.07, 6.45) is 0. The normalized spacial score (nSPS) is 37.4. The predicted molar refractivity (Wildman–Crippen MR) is 27.3 cm³/mol. The van der Waals surface area contributed by atoms with Crippen molar-refractivity contribution in [3.63, 3.8) is 0 Å². The number of rotatable bonds is 0. The Morgan fingerprint density at radius 3 is 2.25 bits per heavy atom. The molecule has 0 radical (unpaired) electrons. The van der Waals surface area contributed by atoms with Crippen molar-refractivity contribution in [2.75, 3.05) is 0 Å². The minimum atomic E-state index is -0.169. The van der Waals surface area contributed by atoms with Gasteiger partial charge >= 0.3 is 0 Å². The van der Waals surface area contributed by atoms with Gasteiger partial charge in [0.25, 0.3) is 5.91 Å². The van der Waals surface area contributed by atoms with Crippen LogP contribution in [0.5, 0.6) is 0 Å². The fourth-order valence-corrected chi connectivity index (χ4v) is 0.745. The van der Waals surface area contributed by atoms with E-state index in [4.69, 9.17) is 5.21 Å². The molecule has 1 amide bonds. The number of carbonyl (C=O) groups excluding carboxylic acids is 1. The summed E-state index contributed by atoms with van der Waals surface area (Å²) in [7, 11) is 0. The largest absolute Gasteiger partial charge is 0.286 e. The van der Waals surface area contributed by atoms with Crippen LogP contribution >= 0.6 is 0 Å². The molecule has 1 rings (SSSR count). The second-order valence-electron chi connectivity index (χ2n) is 2.21. The van der Waals surface area contributed by atoms with Crippen LogP contribution in [0.25, 0.3) is 0 Å². The van der Waals surface area contributed by atoms with E-state index in [0.29, 0.717) is 0 Å². The summed E-state index contributed by atoms with van der Waals surface area (Å²) in [5.74, 6) is -0.155. The highest BCUT2D eigenvalue weighted by Gasteiger charge is 2.40. The molecule has 1 heterocycles. The van der Waals surface area contributed by atoms with Crippen molar-refractivity contribution in [3.05, 3.63) is 0 Å². The molecule has 0 aromatic rings. The average Bonchev–Trinajstić information content (AvgIpc) is 1.83. The zero-order valence-electron chi connectivity index (χ0n) is 4.96. The minimum absolute atomic E-state index is 0.0139. The SMILES string of the molecule is C[C@@H]1C(=O)N(O)[C@@H]1C. The molecule has 2 atom stereocenters. The Kier molecular flexibility index (Phi) is 1.01. The lowest BCUT2D eigenvalue weighted by Gasteiger charge is -2.38. The summed E-state index contributed by atoms with van der Waals surface area (Å²) in [4.78, 5) is 10.4. The van der Waals surface area contributed by atoms with Crippen molar-refractivity contribution in [2.24, 2.45) is 5.92 Å². The van der Waals surface area contributed by atoms with E-state index in [1.807, 2.05) is 6.92 Å². The van der Waals surface area contributed by atoms with Crippen molar-refractivity contribution < 1.29 is 10.0 Å². The number of hydrogen-bond acceptors (Lipinski definition) is 2. The quantitative estimate of drug-likeness (QED) is 0.363. The first-order valence-electron chi connectivity index (χ1n) is 2.66. The maximum absolute atomic E-state index is 10.4. The Hall–Kier alpha value is -0.570. The third-order valence-electron chi connectivity index (χ3n) is 1.72. The van der Waals surface area contributed by atoms with Gasteiger partial charge in [0.05, 0.1) is 12.0 Å². The summed E-state index contributed by atoms with van der Waals surface area (Å²) >= 11 is 0. The number of amides is 1. The van der Waals surface area contributed by atoms with Gasteiger partial charge in [-0.15, -0.1) is 0 Å². The smallest absolute Gasteiger partial charge is 0.251 e. The molecular weight excluding hydrogens is 106 g/mol. The third-order valence-corrected chi connectivity index (χ3v) is 1.72. The van der Waals surface area contributed by atoms with Gasteiger partial charge in [-0.1, -0.05) is 6.92 Å². The second-order valence-corrected chi connectivity index (χ2v) is 2.21. The Labute approximate surface area is 47.9 Å². The van der Waals surface area contributed by atoms with E-state index in [0.717, 1.165) is 5.06 Å². The van der Waals surface area contributed by atoms with Gasteiger partial charge in [0.2, 0.25) is 0 Å². The monoisotopic (exact) mass is 115 g/mol. The van der Waals surface area contributed by atoms with Gasteiger partial charge in [0.1, 0.15) is 0 Å². The zero-order chi connectivity index (χ0) is 6.31. The number of hydroxylamine groups is 2. The van der Waals surface area contributed by atoms with Crippen LogP contribution < -0.4 is 0 Å². The van der Waals surface area contributed by atoms with E-state index >= 15 is 0 Å². The van der Waals surface area contributed by atoms with E-state index in [1.54, 1.807) is 6.92 Å². The van der Waals surface area contributed by atoms with Crippen molar-refractivity contribution >= 4 is 5.91 Å². The van der Waals surface area contributed by atoms with E-state index in [1.165, 1.54) is 0 Å². The Morgan fingerprint density at radius 1 is 1.62 bits per heavy atom. The van der Waals surface area contributed by atoms with Gasteiger partial charge in [0.15, 0.2) is 0 Å². The maximum Gasteiger partial charge on any atom is 0.251 e. The minimum Gasteiger partial charge on any atom is -0.286 e. The second kappa shape index (κ2) is 1.45. The van der Waals surface area contributed by atoms with Crippen molar-refractivity contribution in [2.45, 2.75) is 19.9 Å². The molecule has 0 bridgehead atoms. The summed E-state index contributed by atoms with van der Waals surface area (Å²) in [5.41, 5.74) is 0. The van der Waals surface area contributed by atoms with Crippen LogP contribution in [0.1, 0.15) is 13.8 Å². The fourth-order valence-electron chi connectivity index (χ4n) is 0.745. The van der Waals surface area contributed by atoms with Gasteiger partial charge in [-0.2, -0.15) is 0 Å². The lowest BCUT2D eigenvalue weighted by Crippen LogP contribution is -2.56. The molecule has 0 aromatic heterocycles. The van der Waals surface area contributed by atoms with Crippen LogP contribution in [-0.2, 0) is 4.79 Å². The summed E-state index contributed by atoms with van der Waals surface area (Å²) in [6.45, 7) is 3.62. The summed E-state index contributed by atoms with van der Waals surface area (Å²) in [5, 5.41) is 9.41. The molecule has 0 aromatic carbocycles. The number of nitrogens with zero attached hydrogens (tertiary/aromatic N) is 1. The first kappa shape index (κ1) is 5.56. The molecule has 3 nitrogen and oxygen atoms in total. The topological polar surface area (TPSA) is 40.5 Å². The van der Waals surface area contributed by atoms with Gasteiger partial charge in [-0.25, -0.2) is 5.06 Å². The van der Waals surface area contributed by atoms with Gasteiger partial charge in [0, 0.05) is 0 Å². The summed E-state index contributed by atoms with van der Waals surface area (Å²) < 4.78 is 0. The lowest BCUT2D eigenvalue weighted by atomic mass is 9.94. The first-order valence-corrected chi connectivity index (χ1v) is 2.66. The van der Waals surface area contributed by atoms with Crippen LogP contribution in [0, 0.1) is 5.92 Å². The molecule has 1 aliphatic heterocycles. The predicted octanol–water partition coefficient (Wildman–Crippen LogP) is 0.242. The lowest BCUT2D eigenvalue weighted by molar-refractivity contribution is -0.213. The molecule has 3 heteroatoms. The average molecular weight is 115 g/mol. The van der Waals surface area contributed by atoms with E-state index in [2.05, 4.69) is 0 Å². The summed E-state index contributed by atoms with van der Waals surface area (Å²) in [6, 6.07) is 0.0162. The Balaban J connectivity index is 2.55. The Bertz CT molecular complexity index is 112. The Morgan fingerprint density at radius 2 is 2.12 bits per heavy atom. The molecule has 0 saturated carbocycles. The number of hydrogen-bond donors (Lipinski definition) is 1. The highest BCUT2D eigenvalue weighted by atomic mass is 16.5. The highest BCUT2D eigenvalue weighted by Crippen LogP contribution is 2.22. The zero-order valence-corrected chi connectivity index (χ0v) is 4.96. The van der Waals surface area contributed by atoms with Crippen molar-refractivity contribution in [3.8, 4) is 0 Å². The molecule has 1 fully saturated rings. The van der Waals surface area contributed by atoms with Gasteiger partial charge < -0.3 is 0 Å². The molecule has 1 N–H and O–H groups in total. The van der Waals surface area contributed by atoms with Crippen molar-refractivity contribution in [1.82, 2.24) is 5.06 Å². The molecule has 0 unspecified atom stereocenters. The van der Waals surface area contributed by atoms with Crippen LogP contribution in [0.3, 0.4) is 0 Å². The number of β-lactam (4-membered cyclic amide) rings is 1. The van der Waals surface area contributed by atoms with Crippen LogP contribution in [0.4, 0.5) is 0 Å². The van der Waals surface area contributed by atoms with Gasteiger partial charge in [-0.05, 0) is 6.92 Å². The molecule has 8 heavy (non-hydrogen) atoms. The fraction of sp³-hybridized carbons (Fsp3) is 0.800. The third kappa shape index (κ3) is 0.448. The molecule has 0 spiro atoms. The first-order chi connectivity index (χ1) is 3.64. The van der Waals surface area contributed by atoms with Gasteiger partial charge in [-0.3, -0.25) is 10.0 Å². The molecule has 1 aliphatic rings. The molecular formula is C5H9NO2. The maximum atomic E-state index is 10.4. The highest BCUT2D eigenvalue weighted by molar-refractivity contribution is 5.84. The standard InChI is InChI=1S/C5H9NO2/c1-3-4(2)6(8)5(3)7/h3-4,8H,1-2H3/t3-,4+/m0/s1.